The van der Waals surface area contributed by atoms with Gasteiger partial charge in [-0.1, -0.05) is 59.1 Å². The van der Waals surface area contributed by atoms with Crippen LogP contribution in [0.4, 0.5) is 5.82 Å². The molecule has 0 aliphatic carbocycles. The number of hydrazine groups is 1. The molecule has 18 heavy (non-hydrogen) atoms. The summed E-state index contributed by atoms with van der Waals surface area (Å²) in [5.74, 6) is -0.294. The molecule has 1 heterocycles. The van der Waals surface area contributed by atoms with E-state index in [1.807, 2.05) is 30.3 Å². The number of anilines is 1. The summed E-state index contributed by atoms with van der Waals surface area (Å²) in [7, 11) is 0. The monoisotopic (exact) mass is 303 g/mol. The van der Waals surface area contributed by atoms with Crippen molar-refractivity contribution < 1.29 is 4.79 Å². The van der Waals surface area contributed by atoms with Gasteiger partial charge >= 0.3 is 0 Å². The number of nitrogens with zero attached hydrogens (tertiary/aromatic N) is 1. The molecule has 0 bridgehead atoms. The highest BCUT2D eigenvalue weighted by Gasteiger charge is 2.30. The van der Waals surface area contributed by atoms with Crippen LogP contribution in [0.25, 0.3) is 10.8 Å². The van der Waals surface area contributed by atoms with Gasteiger partial charge in [-0.2, -0.15) is 0 Å². The van der Waals surface area contributed by atoms with Crippen LogP contribution >= 0.6 is 34.8 Å². The second kappa shape index (κ2) is 5.18. The van der Waals surface area contributed by atoms with Gasteiger partial charge in [0.15, 0.2) is 5.82 Å². The predicted molar refractivity (Wildman–Crippen MR) is 73.8 cm³/mol. The second-order valence-corrected chi connectivity index (χ2v) is 5.74. The van der Waals surface area contributed by atoms with Gasteiger partial charge in [0.05, 0.1) is 0 Å². The van der Waals surface area contributed by atoms with Gasteiger partial charge in [0.25, 0.3) is 9.70 Å². The molecule has 0 spiro atoms. The quantitative estimate of drug-likeness (QED) is 0.662. The maximum absolute atomic E-state index is 11.4. The van der Waals surface area contributed by atoms with Crippen molar-refractivity contribution >= 4 is 57.3 Å². The van der Waals surface area contributed by atoms with E-state index in [1.165, 1.54) is 0 Å². The van der Waals surface area contributed by atoms with Crippen molar-refractivity contribution in [3.63, 3.8) is 0 Å². The summed E-state index contributed by atoms with van der Waals surface area (Å²) in [5.41, 5.74) is 4.91. The van der Waals surface area contributed by atoms with E-state index in [-0.39, 0.29) is 0 Å². The molecular formula is C11H8Cl3N3O. The molecule has 0 unspecified atom stereocenters. The van der Waals surface area contributed by atoms with E-state index >= 15 is 0 Å². The topological polar surface area (TPSA) is 54.0 Å². The molecule has 7 heteroatoms. The number of rotatable bonds is 2. The Morgan fingerprint density at radius 2 is 1.89 bits per heavy atom. The Labute approximate surface area is 118 Å². The lowest BCUT2D eigenvalue weighted by Gasteiger charge is -2.13. The average molecular weight is 305 g/mol. The molecule has 2 N–H and O–H groups in total. The maximum Gasteiger partial charge on any atom is 0.290 e. The summed E-state index contributed by atoms with van der Waals surface area (Å²) in [6.45, 7) is 0. The zero-order valence-electron chi connectivity index (χ0n) is 8.95. The Bertz CT molecular complexity index is 578. The zero-order chi connectivity index (χ0) is 13.2. The summed E-state index contributed by atoms with van der Waals surface area (Å²) in [4.78, 5) is 15.5. The Hall–Kier alpha value is -1.23. The Kier molecular flexibility index (Phi) is 3.80. The van der Waals surface area contributed by atoms with Crippen molar-refractivity contribution in [2.24, 2.45) is 0 Å². The average Bonchev–Trinajstić information content (AvgIpc) is 2.34. The van der Waals surface area contributed by atoms with E-state index in [0.717, 1.165) is 10.8 Å². The van der Waals surface area contributed by atoms with E-state index < -0.39 is 9.70 Å². The number of amides is 1. The van der Waals surface area contributed by atoms with Crippen molar-refractivity contribution in [2.45, 2.75) is 3.79 Å². The molecule has 1 aromatic heterocycles. The Morgan fingerprint density at radius 1 is 1.17 bits per heavy atom. The van der Waals surface area contributed by atoms with E-state index in [1.54, 1.807) is 6.20 Å². The lowest BCUT2D eigenvalue weighted by atomic mass is 10.2. The molecule has 94 valence electrons. The lowest BCUT2D eigenvalue weighted by molar-refractivity contribution is -0.119. The van der Waals surface area contributed by atoms with Crippen LogP contribution in [0.3, 0.4) is 0 Å². The van der Waals surface area contributed by atoms with Crippen LogP contribution in [0, 0.1) is 0 Å². The molecule has 0 atom stereocenters. The minimum Gasteiger partial charge on any atom is -0.281 e. The number of benzene rings is 1. The van der Waals surface area contributed by atoms with Crippen LogP contribution in [0.2, 0.25) is 0 Å². The summed E-state index contributed by atoms with van der Waals surface area (Å²) in [5, 5.41) is 1.84. The first-order chi connectivity index (χ1) is 8.48. The standard InChI is InChI=1S/C11H8Cl3N3O/c12-11(13,14)10(18)17-16-9-8-4-2-1-3-7(8)5-6-15-9/h1-6H,(H,15,16)(H,17,18). The summed E-state index contributed by atoms with van der Waals surface area (Å²) in [6, 6.07) is 9.43. The van der Waals surface area contributed by atoms with E-state index in [2.05, 4.69) is 15.8 Å². The fraction of sp³-hybridized carbons (Fsp3) is 0.0909. The second-order valence-electron chi connectivity index (χ2n) is 3.46. The number of nitrogens with one attached hydrogen (secondary N) is 2. The number of fused-ring (bicyclic) bond motifs is 1. The SMILES string of the molecule is O=C(NNc1nccc2ccccc12)C(Cl)(Cl)Cl. The van der Waals surface area contributed by atoms with Crippen LogP contribution in [-0.2, 0) is 4.79 Å². The number of halogens is 3. The molecule has 0 saturated heterocycles. The van der Waals surface area contributed by atoms with Crippen molar-refractivity contribution in [3.05, 3.63) is 36.5 Å². The fourth-order valence-electron chi connectivity index (χ4n) is 1.41. The van der Waals surface area contributed by atoms with Gasteiger partial charge in [0.1, 0.15) is 0 Å². The molecular weight excluding hydrogens is 296 g/mol. The van der Waals surface area contributed by atoms with Crippen molar-refractivity contribution in [1.29, 1.82) is 0 Å². The van der Waals surface area contributed by atoms with Gasteiger partial charge in [-0.25, -0.2) is 4.98 Å². The van der Waals surface area contributed by atoms with Crippen LogP contribution in [-0.4, -0.2) is 14.7 Å². The van der Waals surface area contributed by atoms with Crippen LogP contribution < -0.4 is 10.9 Å². The third-order valence-corrected chi connectivity index (χ3v) is 2.74. The molecule has 4 nitrogen and oxygen atoms in total. The lowest BCUT2D eigenvalue weighted by Crippen LogP contribution is -2.38. The minimum absolute atomic E-state index is 0.482. The highest BCUT2D eigenvalue weighted by Crippen LogP contribution is 2.26. The molecule has 0 aliphatic rings. The molecule has 2 rings (SSSR count). The molecule has 1 amide bonds. The van der Waals surface area contributed by atoms with Gasteiger partial charge in [-0.15, -0.1) is 0 Å². The molecule has 0 fully saturated rings. The number of alkyl halides is 3. The Morgan fingerprint density at radius 3 is 2.61 bits per heavy atom. The summed E-state index contributed by atoms with van der Waals surface area (Å²) < 4.78 is -2.02. The molecule has 0 radical (unpaired) electrons. The molecule has 0 aliphatic heterocycles. The number of carbonyl (C=O) groups excluding carboxylic acids is 1. The van der Waals surface area contributed by atoms with E-state index in [4.69, 9.17) is 34.8 Å². The first-order valence-electron chi connectivity index (χ1n) is 4.95. The first kappa shape index (κ1) is 13.2. The molecule has 2 aromatic rings. The number of pyridine rings is 1. The van der Waals surface area contributed by atoms with Gasteiger partial charge < -0.3 is 0 Å². The highest BCUT2D eigenvalue weighted by atomic mass is 35.6. The predicted octanol–water partition coefficient (Wildman–Crippen LogP) is 3.05. The normalized spacial score (nSPS) is 11.3. The Balaban J connectivity index is 2.20. The number of carbonyl (C=O) groups is 1. The summed E-state index contributed by atoms with van der Waals surface area (Å²) in [6.07, 6.45) is 1.62. The fourth-order valence-corrected chi connectivity index (χ4v) is 1.55. The van der Waals surface area contributed by atoms with Gasteiger partial charge in [-0.3, -0.25) is 15.6 Å². The van der Waals surface area contributed by atoms with E-state index in [0.29, 0.717) is 5.82 Å². The van der Waals surface area contributed by atoms with Gasteiger partial charge in [0.2, 0.25) is 0 Å². The smallest absolute Gasteiger partial charge is 0.281 e. The zero-order valence-corrected chi connectivity index (χ0v) is 11.2. The van der Waals surface area contributed by atoms with Gasteiger partial charge in [0, 0.05) is 11.6 Å². The number of hydrogen-bond acceptors (Lipinski definition) is 3. The third-order valence-electron chi connectivity index (χ3n) is 2.23. The van der Waals surface area contributed by atoms with Gasteiger partial charge in [-0.05, 0) is 11.5 Å². The maximum atomic E-state index is 11.4. The van der Waals surface area contributed by atoms with Crippen LogP contribution in [0.15, 0.2) is 36.5 Å². The van der Waals surface area contributed by atoms with Crippen molar-refractivity contribution in [2.75, 3.05) is 5.43 Å². The third kappa shape index (κ3) is 2.96. The minimum atomic E-state index is -2.02. The van der Waals surface area contributed by atoms with Crippen molar-refractivity contribution in [3.8, 4) is 0 Å². The first-order valence-corrected chi connectivity index (χ1v) is 6.09. The van der Waals surface area contributed by atoms with Crippen LogP contribution in [0.5, 0.6) is 0 Å². The van der Waals surface area contributed by atoms with E-state index in [9.17, 15) is 4.79 Å². The highest BCUT2D eigenvalue weighted by molar-refractivity contribution is 6.76. The summed E-state index contributed by atoms with van der Waals surface area (Å²) >= 11 is 16.3. The van der Waals surface area contributed by atoms with Crippen molar-refractivity contribution in [1.82, 2.24) is 10.4 Å². The molecule has 1 aromatic carbocycles. The molecule has 0 saturated carbocycles. The number of aromatic nitrogens is 1. The van der Waals surface area contributed by atoms with Crippen LogP contribution in [0.1, 0.15) is 0 Å². The largest absolute Gasteiger partial charge is 0.290 e. The number of hydrogen-bond donors (Lipinski definition) is 2.